The van der Waals surface area contributed by atoms with Crippen molar-refractivity contribution in [2.75, 3.05) is 31.3 Å². The molecule has 0 bridgehead atoms. The maximum Gasteiger partial charge on any atom is 0.243 e. The molecule has 1 aliphatic heterocycles. The zero-order valence-corrected chi connectivity index (χ0v) is 9.57. The second kappa shape index (κ2) is 5.58. The van der Waals surface area contributed by atoms with Gasteiger partial charge in [0.2, 0.25) is 5.91 Å². The minimum atomic E-state index is -3.13. The number of rotatable bonds is 6. The molecule has 4 N–H and O–H groups in total. The van der Waals surface area contributed by atoms with Gasteiger partial charge in [-0.1, -0.05) is 0 Å². The lowest BCUT2D eigenvalue weighted by molar-refractivity contribution is -0.122. The Hall–Kier alpha value is -0.700. The average molecular weight is 252 g/mol. The molecule has 1 aliphatic rings. The summed E-state index contributed by atoms with van der Waals surface area (Å²) in [7, 11) is -3.13. The monoisotopic (exact) mass is 252 g/mol. The van der Waals surface area contributed by atoms with Crippen LogP contribution in [0.5, 0.6) is 0 Å². The van der Waals surface area contributed by atoms with Crippen LogP contribution in [0.1, 0.15) is 0 Å². The summed E-state index contributed by atoms with van der Waals surface area (Å²) >= 11 is 0. The molecule has 0 saturated carbocycles. The van der Waals surface area contributed by atoms with Crippen LogP contribution >= 0.6 is 0 Å². The van der Waals surface area contributed by atoms with E-state index in [-0.39, 0.29) is 24.7 Å². The summed E-state index contributed by atoms with van der Waals surface area (Å²) in [6.07, 6.45) is -0.874. The number of hydrogen-bond acceptors (Lipinski definition) is 6. The number of carbonyl (C=O) groups is 1. The Labute approximate surface area is 93.9 Å². The van der Waals surface area contributed by atoms with Crippen LogP contribution in [0.4, 0.5) is 0 Å². The van der Waals surface area contributed by atoms with Crippen LogP contribution in [0.2, 0.25) is 0 Å². The van der Waals surface area contributed by atoms with Crippen molar-refractivity contribution in [1.82, 2.24) is 5.32 Å². The van der Waals surface area contributed by atoms with Gasteiger partial charge >= 0.3 is 0 Å². The minimum Gasteiger partial charge on any atom is -0.390 e. The van der Waals surface area contributed by atoms with Gasteiger partial charge in [-0.3, -0.25) is 4.79 Å². The van der Waals surface area contributed by atoms with Crippen molar-refractivity contribution >= 4 is 15.7 Å². The molecule has 0 aliphatic carbocycles. The Morgan fingerprint density at radius 1 is 1.50 bits per heavy atom. The number of aliphatic hydroxyl groups excluding tert-OH is 1. The van der Waals surface area contributed by atoms with Crippen LogP contribution in [0.15, 0.2) is 0 Å². The number of ether oxygens (including phenoxy) is 1. The lowest BCUT2D eigenvalue weighted by atomic mass is 10.2. The minimum absolute atomic E-state index is 0.0655. The zero-order chi connectivity index (χ0) is 12.2. The van der Waals surface area contributed by atoms with Crippen LogP contribution < -0.4 is 11.1 Å². The van der Waals surface area contributed by atoms with Gasteiger partial charge in [-0.2, -0.15) is 0 Å². The molecule has 1 rings (SSSR count). The van der Waals surface area contributed by atoms with Gasteiger partial charge in [-0.15, -0.1) is 0 Å². The SMILES string of the molecule is NC(=O)COCCNC1CS(=O)(=O)CC1O. The molecule has 2 unspecified atom stereocenters. The number of carbonyl (C=O) groups excluding carboxylic acids is 1. The molecule has 94 valence electrons. The molecule has 0 aromatic carbocycles. The fourth-order valence-corrected chi connectivity index (χ4v) is 3.29. The average Bonchev–Trinajstić information content (AvgIpc) is 2.38. The third-order valence-corrected chi connectivity index (χ3v) is 3.94. The topological polar surface area (TPSA) is 119 Å². The molecule has 1 saturated heterocycles. The summed E-state index contributed by atoms with van der Waals surface area (Å²) < 4.78 is 27.1. The van der Waals surface area contributed by atoms with Gasteiger partial charge in [0.25, 0.3) is 0 Å². The standard InChI is InChI=1S/C8H16N2O5S/c9-8(12)3-15-2-1-10-6-4-16(13,14)5-7(6)11/h6-7,10-11H,1-5H2,(H2,9,12). The van der Waals surface area contributed by atoms with Gasteiger partial charge in [0.1, 0.15) is 6.61 Å². The maximum atomic E-state index is 11.1. The largest absolute Gasteiger partial charge is 0.390 e. The van der Waals surface area contributed by atoms with E-state index < -0.39 is 27.9 Å². The van der Waals surface area contributed by atoms with Crippen molar-refractivity contribution in [3.8, 4) is 0 Å². The first-order valence-electron chi connectivity index (χ1n) is 4.88. The van der Waals surface area contributed by atoms with Crippen LogP contribution in [0, 0.1) is 0 Å². The molecular weight excluding hydrogens is 236 g/mol. The van der Waals surface area contributed by atoms with Gasteiger partial charge in [0, 0.05) is 12.6 Å². The summed E-state index contributed by atoms with van der Waals surface area (Å²) in [6.45, 7) is 0.448. The Kier molecular flexibility index (Phi) is 4.66. The Bertz CT molecular complexity index is 342. The number of aliphatic hydroxyl groups is 1. The van der Waals surface area contributed by atoms with Crippen LogP contribution in [-0.4, -0.2) is 62.8 Å². The highest BCUT2D eigenvalue weighted by Crippen LogP contribution is 2.11. The predicted octanol–water partition coefficient (Wildman–Crippen LogP) is -2.76. The number of sulfone groups is 1. The lowest BCUT2D eigenvalue weighted by Gasteiger charge is -2.14. The third-order valence-electron chi connectivity index (χ3n) is 2.22. The maximum absolute atomic E-state index is 11.1. The fraction of sp³-hybridized carbons (Fsp3) is 0.875. The van der Waals surface area contributed by atoms with E-state index in [1.165, 1.54) is 0 Å². The van der Waals surface area contributed by atoms with Crippen LogP contribution in [0.3, 0.4) is 0 Å². The molecule has 16 heavy (non-hydrogen) atoms. The van der Waals surface area contributed by atoms with Crippen molar-refractivity contribution < 1.29 is 23.1 Å². The lowest BCUT2D eigenvalue weighted by Crippen LogP contribution is -2.40. The van der Waals surface area contributed by atoms with Gasteiger partial charge in [0.15, 0.2) is 9.84 Å². The Morgan fingerprint density at radius 2 is 2.19 bits per heavy atom. The molecule has 1 fully saturated rings. The second-order valence-electron chi connectivity index (χ2n) is 3.72. The first-order valence-corrected chi connectivity index (χ1v) is 6.71. The Balaban J connectivity index is 2.17. The highest BCUT2D eigenvalue weighted by molar-refractivity contribution is 7.91. The second-order valence-corrected chi connectivity index (χ2v) is 5.88. The summed E-state index contributed by atoms with van der Waals surface area (Å²) in [5, 5.41) is 12.3. The highest BCUT2D eigenvalue weighted by atomic mass is 32.2. The number of primary amides is 1. The molecule has 0 aromatic heterocycles. The molecule has 7 nitrogen and oxygen atoms in total. The van der Waals surface area contributed by atoms with Crippen molar-refractivity contribution in [1.29, 1.82) is 0 Å². The fourth-order valence-electron chi connectivity index (χ4n) is 1.51. The molecule has 1 amide bonds. The van der Waals surface area contributed by atoms with E-state index in [0.29, 0.717) is 6.54 Å². The van der Waals surface area contributed by atoms with Gasteiger partial charge in [-0.25, -0.2) is 8.42 Å². The molecule has 0 spiro atoms. The van der Waals surface area contributed by atoms with E-state index in [1.807, 2.05) is 0 Å². The van der Waals surface area contributed by atoms with Crippen molar-refractivity contribution in [2.24, 2.45) is 5.73 Å². The van der Waals surface area contributed by atoms with Crippen LogP contribution in [0.25, 0.3) is 0 Å². The third kappa shape index (κ3) is 4.44. The molecular formula is C8H16N2O5S. The molecule has 0 aromatic rings. The van der Waals surface area contributed by atoms with Gasteiger partial charge in [-0.05, 0) is 0 Å². The van der Waals surface area contributed by atoms with Gasteiger partial charge < -0.3 is 20.9 Å². The zero-order valence-electron chi connectivity index (χ0n) is 8.76. The van der Waals surface area contributed by atoms with Crippen molar-refractivity contribution in [3.05, 3.63) is 0 Å². The summed E-state index contributed by atoms with van der Waals surface area (Å²) in [5.41, 5.74) is 4.85. The predicted molar refractivity (Wildman–Crippen MR) is 56.5 cm³/mol. The van der Waals surface area contributed by atoms with Gasteiger partial charge in [0.05, 0.1) is 24.2 Å². The quantitative estimate of drug-likeness (QED) is 0.440. The summed E-state index contributed by atoms with van der Waals surface area (Å²) in [6, 6.07) is -0.456. The summed E-state index contributed by atoms with van der Waals surface area (Å²) in [5.74, 6) is -0.819. The van der Waals surface area contributed by atoms with Crippen LogP contribution in [-0.2, 0) is 19.4 Å². The van der Waals surface area contributed by atoms with E-state index in [0.717, 1.165) is 0 Å². The number of amides is 1. The highest BCUT2D eigenvalue weighted by Gasteiger charge is 2.35. The van der Waals surface area contributed by atoms with E-state index in [4.69, 9.17) is 10.5 Å². The molecule has 2 atom stereocenters. The number of nitrogens with one attached hydrogen (secondary N) is 1. The number of hydrogen-bond donors (Lipinski definition) is 3. The number of nitrogens with two attached hydrogens (primary N) is 1. The van der Waals surface area contributed by atoms with Crippen molar-refractivity contribution in [2.45, 2.75) is 12.1 Å². The van der Waals surface area contributed by atoms with E-state index in [9.17, 15) is 18.3 Å². The smallest absolute Gasteiger partial charge is 0.243 e. The first-order chi connectivity index (χ1) is 7.41. The molecule has 0 radical (unpaired) electrons. The first kappa shape index (κ1) is 13.4. The van der Waals surface area contributed by atoms with E-state index in [1.54, 1.807) is 0 Å². The summed E-state index contributed by atoms with van der Waals surface area (Å²) in [4.78, 5) is 10.3. The Morgan fingerprint density at radius 3 is 2.69 bits per heavy atom. The molecule has 8 heteroatoms. The molecule has 1 heterocycles. The van der Waals surface area contributed by atoms with E-state index in [2.05, 4.69) is 5.32 Å². The van der Waals surface area contributed by atoms with E-state index >= 15 is 0 Å². The normalized spacial score (nSPS) is 28.1. The van der Waals surface area contributed by atoms with Crippen molar-refractivity contribution in [3.63, 3.8) is 0 Å².